The Morgan fingerprint density at radius 1 is 0.357 bits per heavy atom. The van der Waals surface area contributed by atoms with Gasteiger partial charge in [-0.05, 0) is 0 Å². The Kier molecular flexibility index (Phi) is 9.80. The van der Waals surface area contributed by atoms with Crippen molar-refractivity contribution in [1.29, 1.82) is 0 Å². The van der Waals surface area contributed by atoms with Crippen LogP contribution < -0.4 is 0 Å². The van der Waals surface area contributed by atoms with Crippen molar-refractivity contribution in [2.45, 2.75) is 77.7 Å². The van der Waals surface area contributed by atoms with Crippen LogP contribution in [0.2, 0.25) is 0 Å². The molecule has 0 aliphatic heterocycles. The highest BCUT2D eigenvalue weighted by Crippen LogP contribution is 2.67. The summed E-state index contributed by atoms with van der Waals surface area (Å²) in [4.78, 5) is 0. The van der Waals surface area contributed by atoms with Crippen LogP contribution in [-0.2, 0) is 11.1 Å². The van der Waals surface area contributed by atoms with E-state index >= 15 is 0 Å². The second-order valence-electron chi connectivity index (χ2n) is 7.72. The minimum absolute atomic E-state index is 2.34. The van der Waals surface area contributed by atoms with Gasteiger partial charge in [0, 0.05) is 6.42 Å². The number of hydrogen-bond donors (Lipinski definition) is 1. The van der Waals surface area contributed by atoms with Crippen LogP contribution in [0.1, 0.15) is 6.42 Å². The predicted molar refractivity (Wildman–Crippen MR) is 80.7 cm³/mol. The first-order valence-electron chi connectivity index (χ1n) is 8.97. The summed E-state index contributed by atoms with van der Waals surface area (Å²) < 4.78 is 349. The molecule has 0 fully saturated rings. The maximum Gasteiger partial charge on any atom is 0.460 e. The van der Waals surface area contributed by atoms with Gasteiger partial charge in [0.05, 0.1) is 5.75 Å². The van der Waals surface area contributed by atoms with E-state index in [2.05, 4.69) is 0 Å². The first-order valence-corrected chi connectivity index (χ1v) is 10.2. The van der Waals surface area contributed by atoms with E-state index in [1.165, 1.54) is 0 Å². The summed E-state index contributed by atoms with van der Waals surface area (Å²) in [5.74, 6) is -101. The molecule has 0 saturated heterocycles. The van der Waals surface area contributed by atoms with Crippen LogP contribution in [0.4, 0.5) is 110 Å². The highest BCUT2D eigenvalue weighted by Gasteiger charge is 2.99. The highest BCUT2D eigenvalue weighted by atomic mass is 32.2. The van der Waals surface area contributed by atoms with Crippen LogP contribution in [0.3, 0.4) is 0 Å². The molecule has 1 unspecified atom stereocenters. The largest absolute Gasteiger partial charge is 0.460 e. The lowest BCUT2D eigenvalue weighted by Gasteiger charge is -2.45. The molecular weight excluding hydrogens is 707 g/mol. The predicted octanol–water partition coefficient (Wildman–Crippen LogP) is 8.15. The van der Waals surface area contributed by atoms with E-state index in [1.54, 1.807) is 0 Å². The first kappa shape index (κ1) is 40.4. The Balaban J connectivity index is 7.27. The van der Waals surface area contributed by atoms with E-state index < -0.39 is 94.6 Å². The van der Waals surface area contributed by atoms with Crippen molar-refractivity contribution in [3.63, 3.8) is 0 Å². The molecule has 0 bridgehead atoms. The molecule has 0 aromatic rings. The highest BCUT2D eigenvalue weighted by molar-refractivity contribution is 7.79. The zero-order valence-corrected chi connectivity index (χ0v) is 18.9. The Morgan fingerprint density at radius 3 is 0.738 bits per heavy atom. The van der Waals surface area contributed by atoms with Gasteiger partial charge < -0.3 is 4.55 Å². The molecule has 0 heterocycles. The molecule has 2 nitrogen and oxygen atoms in total. The van der Waals surface area contributed by atoms with Gasteiger partial charge in [-0.2, -0.15) is 110 Å². The third-order valence-electron chi connectivity index (χ3n) is 4.96. The Morgan fingerprint density at radius 2 is 0.548 bits per heavy atom. The molecule has 0 aliphatic rings. The van der Waals surface area contributed by atoms with Crippen molar-refractivity contribution in [3.8, 4) is 0 Å². The minimum atomic E-state index is -9.64. The topological polar surface area (TPSA) is 37.3 Å². The van der Waals surface area contributed by atoms with Gasteiger partial charge in [0.15, 0.2) is 11.1 Å². The van der Waals surface area contributed by atoms with E-state index in [9.17, 15) is 114 Å². The Bertz CT molecular complexity index is 1010. The number of alkyl halides is 25. The van der Waals surface area contributed by atoms with Gasteiger partial charge in [0.2, 0.25) is 0 Å². The fraction of sp³-hybridized carbons (Fsp3) is 1.00. The normalized spacial score (nSPS) is 17.5. The fourth-order valence-electron chi connectivity index (χ4n) is 2.36. The molecule has 1 atom stereocenters. The molecule has 0 rings (SSSR count). The van der Waals surface area contributed by atoms with Gasteiger partial charge in [0.25, 0.3) is 0 Å². The molecule has 0 saturated carbocycles. The molecule has 0 radical (unpaired) electrons. The molecule has 0 aromatic heterocycles. The molecule has 1 N–H and O–H groups in total. The minimum Gasteiger partial charge on any atom is -0.306 e. The maximum absolute atomic E-state index is 13.6. The van der Waals surface area contributed by atoms with Crippen molar-refractivity contribution >= 4 is 11.1 Å². The molecule has 0 amide bonds. The summed E-state index contributed by atoms with van der Waals surface area (Å²) in [5.41, 5.74) is 0. The average Bonchev–Trinajstić information content (AvgIpc) is 2.75. The SMILES string of the molecule is O=S(O)CCC(F)(F)C(F)(F)C(F)(F)C(F)(F)C(F)(F)C(F)(F)C(F)(F)C(F)(F)C(F)(F)C(F)(F)C(F)(F)C(F)(F)F. The van der Waals surface area contributed by atoms with Gasteiger partial charge in [-0.15, -0.1) is 0 Å². The summed E-state index contributed by atoms with van der Waals surface area (Å²) in [7, 11) is 0. The standard InChI is InChI=1S/C14H5F25O2S/c15-3(16,1-2-42(40)41)4(17,18)5(19,20)6(21,22)7(23,24)8(25,26)9(27,28)10(29,30)11(31,32)12(33,34)13(35,36)14(37,38)39/h1-2H2,(H,40,41). The Hall–Kier alpha value is -1.64. The zero-order valence-electron chi connectivity index (χ0n) is 18.1. The van der Waals surface area contributed by atoms with Crippen LogP contribution in [0.5, 0.6) is 0 Å². The third-order valence-corrected chi connectivity index (χ3v) is 5.51. The van der Waals surface area contributed by atoms with Gasteiger partial charge >= 0.3 is 71.3 Å². The first-order chi connectivity index (χ1) is 17.7. The van der Waals surface area contributed by atoms with E-state index in [-0.39, 0.29) is 0 Å². The molecule has 28 heteroatoms. The van der Waals surface area contributed by atoms with E-state index in [0.717, 1.165) is 0 Å². The van der Waals surface area contributed by atoms with Crippen LogP contribution in [-0.4, -0.2) is 85.8 Å². The smallest absolute Gasteiger partial charge is 0.306 e. The Labute approximate surface area is 214 Å². The van der Waals surface area contributed by atoms with Crippen LogP contribution in [0.25, 0.3) is 0 Å². The zero-order chi connectivity index (χ0) is 35.0. The number of hydrogen-bond acceptors (Lipinski definition) is 1. The van der Waals surface area contributed by atoms with Crippen molar-refractivity contribution in [1.82, 2.24) is 0 Å². The quantitative estimate of drug-likeness (QED) is 0.155. The van der Waals surface area contributed by atoms with E-state index in [0.29, 0.717) is 0 Å². The molecular formula is C14H5F25O2S. The fourth-order valence-corrected chi connectivity index (χ4v) is 2.79. The summed E-state index contributed by atoms with van der Waals surface area (Å²) in [6.45, 7) is 0. The third kappa shape index (κ3) is 5.01. The van der Waals surface area contributed by atoms with Gasteiger partial charge in [-0.25, -0.2) is 4.21 Å². The summed E-state index contributed by atoms with van der Waals surface area (Å²) in [6.07, 6.45) is -11.4. The van der Waals surface area contributed by atoms with Crippen molar-refractivity contribution in [3.05, 3.63) is 0 Å². The lowest BCUT2D eigenvalue weighted by Crippen LogP contribution is -2.78. The molecule has 254 valence electrons. The van der Waals surface area contributed by atoms with Gasteiger partial charge in [0.1, 0.15) is 0 Å². The number of rotatable bonds is 13. The second-order valence-corrected chi connectivity index (χ2v) is 8.77. The van der Waals surface area contributed by atoms with Crippen molar-refractivity contribution < 1.29 is 119 Å². The summed E-state index contributed by atoms with van der Waals surface area (Å²) >= 11 is -3.73. The van der Waals surface area contributed by atoms with Crippen LogP contribution >= 0.6 is 0 Å². The van der Waals surface area contributed by atoms with Crippen molar-refractivity contribution in [2.75, 3.05) is 5.75 Å². The average molecular weight is 712 g/mol. The monoisotopic (exact) mass is 712 g/mol. The maximum atomic E-state index is 13.6. The van der Waals surface area contributed by atoms with Gasteiger partial charge in [-0.3, -0.25) is 0 Å². The summed E-state index contributed by atoms with van der Waals surface area (Å²) in [5, 5.41) is 0. The summed E-state index contributed by atoms with van der Waals surface area (Å²) in [6, 6.07) is 0. The number of halogens is 25. The molecule has 0 aliphatic carbocycles. The lowest BCUT2D eigenvalue weighted by atomic mass is 9.84. The van der Waals surface area contributed by atoms with Crippen molar-refractivity contribution in [2.24, 2.45) is 0 Å². The second kappa shape index (κ2) is 10.2. The van der Waals surface area contributed by atoms with E-state index in [1.807, 2.05) is 0 Å². The molecule has 0 aromatic carbocycles. The van der Waals surface area contributed by atoms with Gasteiger partial charge in [-0.1, -0.05) is 0 Å². The molecule has 42 heavy (non-hydrogen) atoms. The van der Waals surface area contributed by atoms with Crippen LogP contribution in [0, 0.1) is 0 Å². The lowest BCUT2D eigenvalue weighted by molar-refractivity contribution is -0.482. The molecule has 0 spiro atoms. The van der Waals surface area contributed by atoms with Crippen LogP contribution in [0.15, 0.2) is 0 Å². The van der Waals surface area contributed by atoms with E-state index in [4.69, 9.17) is 4.55 Å².